The molecule has 0 aromatic carbocycles. The maximum absolute atomic E-state index is 6.27. The molecule has 0 spiro atoms. The first-order valence-electron chi connectivity index (χ1n) is 8.20. The van der Waals surface area contributed by atoms with E-state index in [2.05, 4.69) is 29.2 Å². The van der Waals surface area contributed by atoms with Crippen molar-refractivity contribution < 1.29 is 4.74 Å². The molecule has 0 aliphatic heterocycles. The Morgan fingerprint density at radius 3 is 2.67 bits per heavy atom. The zero-order chi connectivity index (χ0) is 15.2. The Morgan fingerprint density at radius 1 is 1.24 bits per heavy atom. The molecule has 1 aliphatic rings. The number of aryl methyl sites for hydroxylation is 1. The van der Waals surface area contributed by atoms with Gasteiger partial charge in [-0.1, -0.05) is 20.3 Å². The average Bonchev–Trinajstić information content (AvgIpc) is 2.51. The molecule has 2 unspecified atom stereocenters. The largest absolute Gasteiger partial charge is 0.474 e. The lowest BCUT2D eigenvalue weighted by atomic mass is 9.85. The molecule has 0 radical (unpaired) electrons. The van der Waals surface area contributed by atoms with Gasteiger partial charge < -0.3 is 10.2 Å². The maximum atomic E-state index is 6.27. The molecule has 3 N–H and O–H groups in total. The van der Waals surface area contributed by atoms with Crippen LogP contribution in [0, 0.1) is 12.8 Å². The third-order valence-corrected chi connectivity index (χ3v) is 4.38. The molecule has 118 valence electrons. The quantitative estimate of drug-likeness (QED) is 0.621. The van der Waals surface area contributed by atoms with Crippen LogP contribution in [-0.2, 0) is 6.42 Å². The van der Waals surface area contributed by atoms with E-state index in [1.54, 1.807) is 0 Å². The van der Waals surface area contributed by atoms with Gasteiger partial charge in [0.15, 0.2) is 0 Å². The fourth-order valence-electron chi connectivity index (χ4n) is 3.07. The Bertz CT molecular complexity index is 464. The number of ether oxygens (including phenoxy) is 1. The van der Waals surface area contributed by atoms with Gasteiger partial charge in [0.2, 0.25) is 5.88 Å². The molecular weight excluding hydrogens is 264 g/mol. The Balaban J connectivity index is 2.22. The molecule has 1 saturated carbocycles. The van der Waals surface area contributed by atoms with E-state index in [-0.39, 0.29) is 6.10 Å². The second kappa shape index (κ2) is 7.59. The summed E-state index contributed by atoms with van der Waals surface area (Å²) < 4.78 is 6.27. The normalized spacial score (nSPS) is 22.1. The number of nitrogens with zero attached hydrogens (tertiary/aromatic N) is 2. The van der Waals surface area contributed by atoms with Crippen LogP contribution in [0.2, 0.25) is 0 Å². The lowest BCUT2D eigenvalue weighted by Crippen LogP contribution is -2.30. The maximum Gasteiger partial charge on any atom is 0.222 e. The van der Waals surface area contributed by atoms with Gasteiger partial charge in [0, 0.05) is 6.42 Å². The van der Waals surface area contributed by atoms with Crippen molar-refractivity contribution in [2.24, 2.45) is 11.8 Å². The first kappa shape index (κ1) is 16.0. The Labute approximate surface area is 127 Å². The number of nitrogens with one attached hydrogen (secondary N) is 1. The zero-order valence-electron chi connectivity index (χ0n) is 13.5. The van der Waals surface area contributed by atoms with E-state index >= 15 is 0 Å². The molecule has 2 rings (SSSR count). The first-order valence-corrected chi connectivity index (χ1v) is 8.20. The van der Waals surface area contributed by atoms with Gasteiger partial charge in [0.1, 0.15) is 17.7 Å². The van der Waals surface area contributed by atoms with Crippen LogP contribution in [0.3, 0.4) is 0 Å². The number of rotatable bonds is 6. The monoisotopic (exact) mass is 292 g/mol. The van der Waals surface area contributed by atoms with Crippen LogP contribution in [-0.4, -0.2) is 16.1 Å². The molecule has 1 aliphatic carbocycles. The topological polar surface area (TPSA) is 73.1 Å². The van der Waals surface area contributed by atoms with E-state index in [1.807, 2.05) is 6.92 Å². The van der Waals surface area contributed by atoms with Crippen LogP contribution in [0.5, 0.6) is 5.88 Å². The van der Waals surface area contributed by atoms with Crippen molar-refractivity contribution in [3.8, 4) is 5.88 Å². The standard InChI is InChI=1S/C16H28N4O/c1-4-8-14-18-15(20-17)11(3)16(19-14)21-13-10-7-6-9-12(13)5-2/h12-13H,4-10,17H2,1-3H3,(H,18,19,20). The van der Waals surface area contributed by atoms with Crippen molar-refractivity contribution in [2.45, 2.75) is 71.8 Å². The Hall–Kier alpha value is -1.36. The molecule has 21 heavy (non-hydrogen) atoms. The number of anilines is 1. The Kier molecular flexibility index (Phi) is 5.79. The molecule has 0 bridgehead atoms. The second-order valence-corrected chi connectivity index (χ2v) is 5.92. The van der Waals surface area contributed by atoms with Crippen molar-refractivity contribution in [1.29, 1.82) is 0 Å². The van der Waals surface area contributed by atoms with Gasteiger partial charge in [-0.15, -0.1) is 0 Å². The minimum atomic E-state index is 0.275. The van der Waals surface area contributed by atoms with Gasteiger partial charge in [0.25, 0.3) is 0 Å². The summed E-state index contributed by atoms with van der Waals surface area (Å²) in [6.07, 6.45) is 8.23. The van der Waals surface area contributed by atoms with E-state index in [0.29, 0.717) is 17.6 Å². The van der Waals surface area contributed by atoms with Crippen molar-refractivity contribution in [1.82, 2.24) is 9.97 Å². The van der Waals surface area contributed by atoms with Gasteiger partial charge in [0.05, 0.1) is 5.56 Å². The van der Waals surface area contributed by atoms with Crippen LogP contribution >= 0.6 is 0 Å². The zero-order valence-corrected chi connectivity index (χ0v) is 13.5. The lowest BCUT2D eigenvalue weighted by molar-refractivity contribution is 0.0848. The van der Waals surface area contributed by atoms with Gasteiger partial charge in [-0.2, -0.15) is 4.98 Å². The van der Waals surface area contributed by atoms with E-state index in [1.165, 1.54) is 25.7 Å². The Morgan fingerprint density at radius 2 is 2.00 bits per heavy atom. The lowest BCUT2D eigenvalue weighted by Gasteiger charge is -2.31. The van der Waals surface area contributed by atoms with Gasteiger partial charge >= 0.3 is 0 Å². The van der Waals surface area contributed by atoms with Crippen molar-refractivity contribution in [3.63, 3.8) is 0 Å². The van der Waals surface area contributed by atoms with Crippen LogP contribution in [0.4, 0.5) is 5.82 Å². The van der Waals surface area contributed by atoms with Gasteiger partial charge in [-0.05, 0) is 44.9 Å². The summed E-state index contributed by atoms with van der Waals surface area (Å²) in [7, 11) is 0. The molecule has 1 heterocycles. The number of hydrogen-bond donors (Lipinski definition) is 2. The highest BCUT2D eigenvalue weighted by Crippen LogP contribution is 2.32. The molecule has 1 fully saturated rings. The van der Waals surface area contributed by atoms with Crippen LogP contribution in [0.25, 0.3) is 0 Å². The summed E-state index contributed by atoms with van der Waals surface area (Å²) in [4.78, 5) is 9.05. The fraction of sp³-hybridized carbons (Fsp3) is 0.750. The minimum Gasteiger partial charge on any atom is -0.474 e. The van der Waals surface area contributed by atoms with Gasteiger partial charge in [-0.25, -0.2) is 10.8 Å². The molecule has 5 heteroatoms. The highest BCUT2D eigenvalue weighted by atomic mass is 16.5. The number of nitrogens with two attached hydrogens (primary N) is 1. The highest BCUT2D eigenvalue weighted by Gasteiger charge is 2.26. The van der Waals surface area contributed by atoms with E-state index < -0.39 is 0 Å². The number of hydrazine groups is 1. The van der Waals surface area contributed by atoms with Crippen LogP contribution in [0.1, 0.15) is 63.8 Å². The molecule has 0 saturated heterocycles. The van der Waals surface area contributed by atoms with Gasteiger partial charge in [-0.3, -0.25) is 0 Å². The minimum absolute atomic E-state index is 0.275. The fourth-order valence-corrected chi connectivity index (χ4v) is 3.07. The molecular formula is C16H28N4O. The highest BCUT2D eigenvalue weighted by molar-refractivity contribution is 5.47. The van der Waals surface area contributed by atoms with Crippen molar-refractivity contribution >= 4 is 5.82 Å². The van der Waals surface area contributed by atoms with Crippen molar-refractivity contribution in [2.75, 3.05) is 5.43 Å². The summed E-state index contributed by atoms with van der Waals surface area (Å²) >= 11 is 0. The smallest absolute Gasteiger partial charge is 0.222 e. The van der Waals surface area contributed by atoms with E-state index in [4.69, 9.17) is 10.6 Å². The molecule has 2 atom stereocenters. The molecule has 5 nitrogen and oxygen atoms in total. The van der Waals surface area contributed by atoms with Crippen LogP contribution < -0.4 is 16.0 Å². The molecule has 1 aromatic heterocycles. The third-order valence-electron chi connectivity index (χ3n) is 4.38. The summed E-state index contributed by atoms with van der Waals surface area (Å²) in [6, 6.07) is 0. The number of aromatic nitrogens is 2. The van der Waals surface area contributed by atoms with E-state index in [9.17, 15) is 0 Å². The molecule has 0 amide bonds. The SMILES string of the molecule is CCCc1nc(NN)c(C)c(OC2CCCCC2CC)n1. The summed E-state index contributed by atoms with van der Waals surface area (Å²) in [6.45, 7) is 6.33. The second-order valence-electron chi connectivity index (χ2n) is 5.92. The summed E-state index contributed by atoms with van der Waals surface area (Å²) in [5, 5.41) is 0. The van der Waals surface area contributed by atoms with Crippen LogP contribution in [0.15, 0.2) is 0 Å². The number of nitrogen functional groups attached to an aromatic ring is 1. The summed E-state index contributed by atoms with van der Waals surface area (Å²) in [5.41, 5.74) is 3.57. The first-order chi connectivity index (χ1) is 10.2. The predicted octanol–water partition coefficient (Wildman–Crippen LogP) is 3.37. The number of hydrogen-bond acceptors (Lipinski definition) is 5. The average molecular weight is 292 g/mol. The molecule has 1 aromatic rings. The van der Waals surface area contributed by atoms with Crippen molar-refractivity contribution in [3.05, 3.63) is 11.4 Å². The predicted molar refractivity (Wildman–Crippen MR) is 85.2 cm³/mol. The van der Waals surface area contributed by atoms with E-state index in [0.717, 1.165) is 30.7 Å². The third kappa shape index (κ3) is 3.84. The summed E-state index contributed by atoms with van der Waals surface area (Å²) in [5.74, 6) is 8.39.